The van der Waals surface area contributed by atoms with Crippen molar-refractivity contribution in [3.05, 3.63) is 11.6 Å². The van der Waals surface area contributed by atoms with E-state index in [-0.39, 0.29) is 6.29 Å². The Morgan fingerprint density at radius 2 is 2.40 bits per heavy atom. The van der Waals surface area contributed by atoms with Crippen LogP contribution in [0.15, 0.2) is 11.6 Å². The highest BCUT2D eigenvalue weighted by Gasteiger charge is 2.12. The summed E-state index contributed by atoms with van der Waals surface area (Å²) in [6, 6.07) is 0. The molecule has 1 rings (SSSR count). The fourth-order valence-corrected chi connectivity index (χ4v) is 1.56. The second kappa shape index (κ2) is 7.60. The molecule has 1 saturated heterocycles. The van der Waals surface area contributed by atoms with Crippen LogP contribution in [0.1, 0.15) is 39.0 Å². The maximum atomic E-state index is 10.2. The fourth-order valence-electron chi connectivity index (χ4n) is 1.56. The Hall–Kier alpha value is -0.670. The van der Waals surface area contributed by atoms with E-state index in [0.717, 1.165) is 37.7 Å². The van der Waals surface area contributed by atoms with Crippen LogP contribution >= 0.6 is 0 Å². The molecule has 1 aliphatic rings. The zero-order chi connectivity index (χ0) is 10.9. The summed E-state index contributed by atoms with van der Waals surface area (Å²) < 4.78 is 11.0. The number of allylic oxidation sites excluding steroid dienone is 1. The summed E-state index contributed by atoms with van der Waals surface area (Å²) in [4.78, 5) is 10.2. The van der Waals surface area contributed by atoms with Crippen LogP contribution in [0.2, 0.25) is 0 Å². The van der Waals surface area contributed by atoms with Crippen molar-refractivity contribution in [3.8, 4) is 0 Å². The third-order valence-corrected chi connectivity index (χ3v) is 2.46. The Bertz CT molecular complexity index is 205. The van der Waals surface area contributed by atoms with Gasteiger partial charge in [-0.1, -0.05) is 11.6 Å². The largest absolute Gasteiger partial charge is 0.353 e. The predicted molar refractivity (Wildman–Crippen MR) is 58.6 cm³/mol. The van der Waals surface area contributed by atoms with Crippen LogP contribution in [0.5, 0.6) is 0 Å². The van der Waals surface area contributed by atoms with Gasteiger partial charge in [0.15, 0.2) is 6.29 Å². The zero-order valence-corrected chi connectivity index (χ0v) is 9.41. The summed E-state index contributed by atoms with van der Waals surface area (Å²) in [5, 5.41) is 0. The Balaban J connectivity index is 2.04. The molecule has 0 aromatic heterocycles. The van der Waals surface area contributed by atoms with E-state index in [4.69, 9.17) is 9.47 Å². The molecule has 1 aliphatic heterocycles. The van der Waals surface area contributed by atoms with Crippen LogP contribution in [-0.4, -0.2) is 25.8 Å². The highest BCUT2D eigenvalue weighted by Crippen LogP contribution is 2.13. The Morgan fingerprint density at radius 3 is 3.07 bits per heavy atom. The van der Waals surface area contributed by atoms with E-state index in [0.29, 0.717) is 13.0 Å². The van der Waals surface area contributed by atoms with Crippen LogP contribution in [0, 0.1) is 0 Å². The molecule has 3 heteroatoms. The van der Waals surface area contributed by atoms with Gasteiger partial charge < -0.3 is 14.3 Å². The molecule has 0 saturated carbocycles. The third-order valence-electron chi connectivity index (χ3n) is 2.46. The van der Waals surface area contributed by atoms with Gasteiger partial charge in [-0.15, -0.1) is 0 Å². The van der Waals surface area contributed by atoms with E-state index in [1.165, 1.54) is 6.42 Å². The van der Waals surface area contributed by atoms with Gasteiger partial charge in [-0.3, -0.25) is 0 Å². The lowest BCUT2D eigenvalue weighted by Crippen LogP contribution is -2.22. The summed E-state index contributed by atoms with van der Waals surface area (Å²) >= 11 is 0. The van der Waals surface area contributed by atoms with Gasteiger partial charge in [0.25, 0.3) is 0 Å². The maximum absolute atomic E-state index is 10.2. The number of carbonyl (C=O) groups is 1. The molecule has 0 bridgehead atoms. The summed E-state index contributed by atoms with van der Waals surface area (Å²) in [5.41, 5.74) is 1.11. The summed E-state index contributed by atoms with van der Waals surface area (Å²) in [6.45, 7) is 3.47. The van der Waals surface area contributed by atoms with Crippen molar-refractivity contribution in [2.24, 2.45) is 0 Å². The first-order chi connectivity index (χ1) is 7.33. The highest BCUT2D eigenvalue weighted by molar-refractivity contribution is 5.53. The molecule has 15 heavy (non-hydrogen) atoms. The minimum atomic E-state index is -0.00136. The van der Waals surface area contributed by atoms with Crippen LogP contribution in [0.3, 0.4) is 0 Å². The SMILES string of the molecule is CC(=CCCOC1CCCCO1)CC=O. The summed E-state index contributed by atoms with van der Waals surface area (Å²) in [7, 11) is 0. The molecule has 1 heterocycles. The molecule has 0 radical (unpaired) electrons. The van der Waals surface area contributed by atoms with E-state index < -0.39 is 0 Å². The van der Waals surface area contributed by atoms with Gasteiger partial charge in [-0.25, -0.2) is 0 Å². The maximum Gasteiger partial charge on any atom is 0.157 e. The zero-order valence-electron chi connectivity index (χ0n) is 9.41. The smallest absolute Gasteiger partial charge is 0.157 e. The number of carbonyl (C=O) groups excluding carboxylic acids is 1. The number of hydrogen-bond acceptors (Lipinski definition) is 3. The van der Waals surface area contributed by atoms with Gasteiger partial charge in [-0.2, -0.15) is 0 Å². The van der Waals surface area contributed by atoms with Crippen molar-refractivity contribution < 1.29 is 14.3 Å². The molecular formula is C12H20O3. The number of ether oxygens (including phenoxy) is 2. The number of rotatable bonds is 6. The van der Waals surface area contributed by atoms with E-state index in [9.17, 15) is 4.79 Å². The lowest BCUT2D eigenvalue weighted by molar-refractivity contribution is -0.161. The average Bonchev–Trinajstić information content (AvgIpc) is 2.26. The van der Waals surface area contributed by atoms with Crippen molar-refractivity contribution in [1.82, 2.24) is 0 Å². The second-order valence-electron chi connectivity index (χ2n) is 3.88. The molecule has 0 aliphatic carbocycles. The van der Waals surface area contributed by atoms with Gasteiger partial charge in [0.2, 0.25) is 0 Å². The molecule has 1 fully saturated rings. The van der Waals surface area contributed by atoms with Crippen LogP contribution in [0.25, 0.3) is 0 Å². The molecule has 0 amide bonds. The van der Waals surface area contributed by atoms with Crippen molar-refractivity contribution in [2.45, 2.75) is 45.3 Å². The molecule has 1 atom stereocenters. The molecule has 86 valence electrons. The molecule has 1 unspecified atom stereocenters. The predicted octanol–water partition coefficient (Wildman–Crippen LogP) is 2.46. The normalized spacial score (nSPS) is 22.7. The molecule has 0 aromatic carbocycles. The summed E-state index contributed by atoms with van der Waals surface area (Å²) in [6.07, 6.45) is 7.73. The first-order valence-electron chi connectivity index (χ1n) is 5.65. The van der Waals surface area contributed by atoms with Gasteiger partial charge >= 0.3 is 0 Å². The van der Waals surface area contributed by atoms with Crippen LogP contribution < -0.4 is 0 Å². The topological polar surface area (TPSA) is 35.5 Å². The highest BCUT2D eigenvalue weighted by atomic mass is 16.7. The van der Waals surface area contributed by atoms with Gasteiger partial charge in [0.1, 0.15) is 6.29 Å². The van der Waals surface area contributed by atoms with Crippen molar-refractivity contribution in [2.75, 3.05) is 13.2 Å². The molecule has 0 N–H and O–H groups in total. The van der Waals surface area contributed by atoms with Gasteiger partial charge in [0.05, 0.1) is 6.61 Å². The van der Waals surface area contributed by atoms with Crippen molar-refractivity contribution >= 4 is 6.29 Å². The van der Waals surface area contributed by atoms with Crippen LogP contribution in [-0.2, 0) is 14.3 Å². The van der Waals surface area contributed by atoms with Gasteiger partial charge in [-0.05, 0) is 32.6 Å². The minimum Gasteiger partial charge on any atom is -0.353 e. The summed E-state index contributed by atoms with van der Waals surface area (Å²) in [5.74, 6) is 0. The first-order valence-corrected chi connectivity index (χ1v) is 5.65. The van der Waals surface area contributed by atoms with Crippen molar-refractivity contribution in [1.29, 1.82) is 0 Å². The second-order valence-corrected chi connectivity index (χ2v) is 3.88. The molecule has 0 spiro atoms. The fraction of sp³-hybridized carbons (Fsp3) is 0.750. The molecule has 0 aromatic rings. The average molecular weight is 212 g/mol. The lowest BCUT2D eigenvalue weighted by atomic mass is 10.2. The van der Waals surface area contributed by atoms with E-state index >= 15 is 0 Å². The van der Waals surface area contributed by atoms with Crippen LogP contribution in [0.4, 0.5) is 0 Å². The Kier molecular flexibility index (Phi) is 6.28. The minimum absolute atomic E-state index is 0.00136. The third kappa shape index (κ3) is 5.70. The monoisotopic (exact) mass is 212 g/mol. The lowest BCUT2D eigenvalue weighted by Gasteiger charge is -2.22. The Labute approximate surface area is 91.4 Å². The van der Waals surface area contributed by atoms with E-state index in [1.807, 2.05) is 6.92 Å². The molecule has 3 nitrogen and oxygen atoms in total. The first kappa shape index (κ1) is 12.4. The van der Waals surface area contributed by atoms with Gasteiger partial charge in [0, 0.05) is 13.0 Å². The molecular weight excluding hydrogens is 192 g/mol. The Morgan fingerprint density at radius 1 is 1.53 bits per heavy atom. The standard InChI is InChI=1S/C12H20O3/c1-11(7-8-13)5-4-10-15-12-6-2-3-9-14-12/h5,8,12H,2-4,6-7,9-10H2,1H3. The number of hydrogen-bond donors (Lipinski definition) is 0. The van der Waals surface area contributed by atoms with E-state index in [1.54, 1.807) is 0 Å². The van der Waals surface area contributed by atoms with Crippen molar-refractivity contribution in [3.63, 3.8) is 0 Å². The van der Waals surface area contributed by atoms with E-state index in [2.05, 4.69) is 6.08 Å². The number of aldehydes is 1. The quantitative estimate of drug-likeness (QED) is 0.385.